The van der Waals surface area contributed by atoms with Crippen molar-refractivity contribution >= 4 is 17.6 Å². The van der Waals surface area contributed by atoms with Crippen LogP contribution in [0.1, 0.15) is 44.1 Å². The third kappa shape index (κ3) is 6.98. The van der Waals surface area contributed by atoms with E-state index in [1.165, 1.54) is 18.6 Å². The van der Waals surface area contributed by atoms with E-state index in [9.17, 15) is 14.9 Å². The average molecular weight is 418 g/mol. The van der Waals surface area contributed by atoms with E-state index < -0.39 is 4.92 Å². The van der Waals surface area contributed by atoms with Crippen LogP contribution in [0, 0.1) is 10.1 Å². The third-order valence-electron chi connectivity index (χ3n) is 5.41. The maximum absolute atomic E-state index is 11.7. The molecule has 164 valence electrons. The van der Waals surface area contributed by atoms with Crippen molar-refractivity contribution in [3.63, 3.8) is 0 Å². The predicted octanol–water partition coefficient (Wildman–Crippen LogP) is 2.21. The van der Waals surface area contributed by atoms with Gasteiger partial charge in [-0.25, -0.2) is 4.99 Å². The number of non-ortho nitro benzene ring substituents is 1. The minimum atomic E-state index is -0.406. The van der Waals surface area contributed by atoms with Crippen molar-refractivity contribution in [2.45, 2.75) is 51.2 Å². The third-order valence-corrected chi connectivity index (χ3v) is 5.41. The van der Waals surface area contributed by atoms with Crippen molar-refractivity contribution in [2.75, 3.05) is 32.8 Å². The topological polar surface area (TPSA) is 109 Å². The predicted molar refractivity (Wildman–Crippen MR) is 114 cm³/mol. The lowest BCUT2D eigenvalue weighted by Gasteiger charge is -2.24. The highest BCUT2D eigenvalue weighted by Gasteiger charge is 2.19. The molecule has 0 spiro atoms. The number of nitrogens with one attached hydrogen (secondary N) is 2. The smallest absolute Gasteiger partial charge is 0.269 e. The number of carbonyl (C=O) groups is 1. The monoisotopic (exact) mass is 417 g/mol. The zero-order valence-corrected chi connectivity index (χ0v) is 17.3. The first-order valence-electron chi connectivity index (χ1n) is 10.8. The number of carbonyl (C=O) groups excluding carboxylic acids is 1. The molecule has 2 heterocycles. The van der Waals surface area contributed by atoms with Gasteiger partial charge in [0, 0.05) is 51.3 Å². The first kappa shape index (κ1) is 22.0. The number of hydrogen-bond donors (Lipinski definition) is 2. The van der Waals surface area contributed by atoms with Crippen LogP contribution in [0.3, 0.4) is 0 Å². The number of rotatable bonds is 9. The molecule has 9 nitrogen and oxygen atoms in total. The summed E-state index contributed by atoms with van der Waals surface area (Å²) in [5.74, 6) is 0.935. The molecule has 9 heteroatoms. The molecule has 0 radical (unpaired) electrons. The molecule has 0 saturated carbocycles. The summed E-state index contributed by atoms with van der Waals surface area (Å²) in [6, 6.07) is 6.44. The lowest BCUT2D eigenvalue weighted by Crippen LogP contribution is -2.43. The molecule has 3 rings (SSSR count). The second-order valence-corrected chi connectivity index (χ2v) is 7.72. The van der Waals surface area contributed by atoms with Crippen molar-refractivity contribution in [3.8, 4) is 0 Å². The maximum Gasteiger partial charge on any atom is 0.269 e. The fourth-order valence-corrected chi connectivity index (χ4v) is 3.66. The highest BCUT2D eigenvalue weighted by molar-refractivity contribution is 5.80. The quantitative estimate of drug-likeness (QED) is 0.210. The number of ether oxygens (including phenoxy) is 1. The number of nitro groups is 1. The summed E-state index contributed by atoms with van der Waals surface area (Å²) >= 11 is 0. The fourth-order valence-electron chi connectivity index (χ4n) is 3.66. The Morgan fingerprint density at radius 1 is 1.23 bits per heavy atom. The summed E-state index contributed by atoms with van der Waals surface area (Å²) in [5, 5.41) is 17.5. The summed E-state index contributed by atoms with van der Waals surface area (Å²) in [6.45, 7) is 4.24. The summed E-state index contributed by atoms with van der Waals surface area (Å²) in [5.41, 5.74) is 0.975. The van der Waals surface area contributed by atoms with Crippen LogP contribution in [-0.4, -0.2) is 60.6 Å². The first-order chi connectivity index (χ1) is 14.6. The van der Waals surface area contributed by atoms with E-state index in [2.05, 4.69) is 15.6 Å². The SMILES string of the molecule is O=C1CCCN1CCCNC(=NCc1ccc([N+](=O)[O-])cc1)NCC1CCCCO1. The van der Waals surface area contributed by atoms with E-state index >= 15 is 0 Å². The molecule has 1 aromatic rings. The number of nitro benzene ring substituents is 1. The standard InChI is InChI=1S/C21H31N5O4/c27-20-6-3-12-25(20)13-4-11-22-21(24-16-19-5-1-2-14-30-19)23-15-17-7-9-18(10-8-17)26(28)29/h7-10,19H,1-6,11-16H2,(H2,22,23,24). The van der Waals surface area contributed by atoms with Gasteiger partial charge in [0.1, 0.15) is 0 Å². The summed E-state index contributed by atoms with van der Waals surface area (Å²) in [4.78, 5) is 28.7. The zero-order valence-electron chi connectivity index (χ0n) is 17.3. The molecule has 2 N–H and O–H groups in total. The molecule has 1 aromatic carbocycles. The Kier molecular flexibility index (Phi) is 8.43. The molecule has 2 fully saturated rings. The number of benzene rings is 1. The first-order valence-corrected chi connectivity index (χ1v) is 10.8. The van der Waals surface area contributed by atoms with E-state index in [1.54, 1.807) is 12.1 Å². The van der Waals surface area contributed by atoms with Gasteiger partial charge in [0.2, 0.25) is 5.91 Å². The van der Waals surface area contributed by atoms with Crippen molar-refractivity contribution < 1.29 is 14.5 Å². The van der Waals surface area contributed by atoms with Crippen LogP contribution >= 0.6 is 0 Å². The number of nitrogens with zero attached hydrogens (tertiary/aromatic N) is 3. The van der Waals surface area contributed by atoms with Crippen LogP contribution in [0.5, 0.6) is 0 Å². The van der Waals surface area contributed by atoms with Gasteiger partial charge in [-0.15, -0.1) is 0 Å². The summed E-state index contributed by atoms with van der Waals surface area (Å²) in [6.07, 6.45) is 6.00. The number of amides is 1. The van der Waals surface area contributed by atoms with Crippen molar-refractivity contribution in [3.05, 3.63) is 39.9 Å². The molecule has 2 aliphatic heterocycles. The van der Waals surface area contributed by atoms with Crippen LogP contribution in [0.4, 0.5) is 5.69 Å². The van der Waals surface area contributed by atoms with Gasteiger partial charge in [0.05, 0.1) is 17.6 Å². The molecule has 2 saturated heterocycles. The summed E-state index contributed by atoms with van der Waals surface area (Å²) < 4.78 is 5.78. The highest BCUT2D eigenvalue weighted by atomic mass is 16.6. The molecule has 0 aliphatic carbocycles. The molecule has 0 aromatic heterocycles. The largest absolute Gasteiger partial charge is 0.376 e. The lowest BCUT2D eigenvalue weighted by atomic mass is 10.1. The van der Waals surface area contributed by atoms with Crippen LogP contribution in [0.25, 0.3) is 0 Å². The normalized spacial score (nSPS) is 19.7. The van der Waals surface area contributed by atoms with Gasteiger partial charge in [-0.05, 0) is 37.7 Å². The number of aliphatic imine (C=N–C) groups is 1. The number of hydrogen-bond acceptors (Lipinski definition) is 5. The van der Waals surface area contributed by atoms with E-state index in [4.69, 9.17) is 4.74 Å². The summed E-state index contributed by atoms with van der Waals surface area (Å²) in [7, 11) is 0. The van der Waals surface area contributed by atoms with E-state index in [0.717, 1.165) is 50.9 Å². The van der Waals surface area contributed by atoms with E-state index in [-0.39, 0.29) is 17.7 Å². The van der Waals surface area contributed by atoms with E-state index in [0.29, 0.717) is 32.0 Å². The Labute approximate surface area is 177 Å². The van der Waals surface area contributed by atoms with Gasteiger partial charge >= 0.3 is 0 Å². The van der Waals surface area contributed by atoms with Gasteiger partial charge in [-0.3, -0.25) is 14.9 Å². The molecule has 1 amide bonds. The lowest BCUT2D eigenvalue weighted by molar-refractivity contribution is -0.384. The Hall–Kier alpha value is -2.68. The molecular formula is C21H31N5O4. The van der Waals surface area contributed by atoms with Crippen molar-refractivity contribution in [1.82, 2.24) is 15.5 Å². The Balaban J connectivity index is 1.51. The number of guanidine groups is 1. The van der Waals surface area contributed by atoms with E-state index in [1.807, 2.05) is 4.90 Å². The van der Waals surface area contributed by atoms with Gasteiger partial charge in [-0.2, -0.15) is 0 Å². The molecule has 2 aliphatic rings. The Morgan fingerprint density at radius 2 is 2.07 bits per heavy atom. The Bertz CT molecular complexity index is 731. The minimum Gasteiger partial charge on any atom is -0.376 e. The van der Waals surface area contributed by atoms with Crippen LogP contribution in [0.15, 0.2) is 29.3 Å². The molecule has 1 unspecified atom stereocenters. The minimum absolute atomic E-state index is 0.0742. The second-order valence-electron chi connectivity index (χ2n) is 7.72. The fraction of sp³-hybridized carbons (Fsp3) is 0.619. The van der Waals surface area contributed by atoms with Gasteiger partial charge < -0.3 is 20.3 Å². The highest BCUT2D eigenvalue weighted by Crippen LogP contribution is 2.13. The molecule has 0 bridgehead atoms. The van der Waals surface area contributed by atoms with Gasteiger partial charge in [0.25, 0.3) is 5.69 Å². The molecule has 30 heavy (non-hydrogen) atoms. The Morgan fingerprint density at radius 3 is 2.73 bits per heavy atom. The average Bonchev–Trinajstić information content (AvgIpc) is 3.18. The maximum atomic E-state index is 11.7. The van der Waals surface area contributed by atoms with Crippen LogP contribution in [-0.2, 0) is 16.1 Å². The molecule has 1 atom stereocenters. The molecular weight excluding hydrogens is 386 g/mol. The number of likely N-dealkylation sites (tertiary alicyclic amines) is 1. The zero-order chi connectivity index (χ0) is 21.2. The second kappa shape index (κ2) is 11.5. The van der Waals surface area contributed by atoms with Crippen LogP contribution in [0.2, 0.25) is 0 Å². The van der Waals surface area contributed by atoms with Crippen molar-refractivity contribution in [2.24, 2.45) is 4.99 Å². The van der Waals surface area contributed by atoms with Gasteiger partial charge in [-0.1, -0.05) is 12.1 Å². The van der Waals surface area contributed by atoms with Crippen LogP contribution < -0.4 is 10.6 Å². The van der Waals surface area contributed by atoms with Crippen molar-refractivity contribution in [1.29, 1.82) is 0 Å². The van der Waals surface area contributed by atoms with Gasteiger partial charge in [0.15, 0.2) is 5.96 Å².